The number of amides is 1. The molecule has 1 rings (SSSR count). The quantitative estimate of drug-likeness (QED) is 0.720. The van der Waals surface area contributed by atoms with Gasteiger partial charge in [0.2, 0.25) is 5.91 Å². The first kappa shape index (κ1) is 10.7. The van der Waals surface area contributed by atoms with Crippen LogP contribution in [-0.4, -0.2) is 22.1 Å². The molecule has 0 fully saturated rings. The van der Waals surface area contributed by atoms with E-state index in [0.29, 0.717) is 11.4 Å². The van der Waals surface area contributed by atoms with Crippen molar-refractivity contribution in [3.63, 3.8) is 0 Å². The fraction of sp³-hybridized carbons (Fsp3) is 0.222. The average Bonchev–Trinajstić information content (AvgIpc) is 2.01. The van der Waals surface area contributed by atoms with Gasteiger partial charge in [-0.25, -0.2) is 0 Å². The number of nitrogen functional groups attached to an aromatic ring is 1. The number of nitrogens with one attached hydrogen (secondary N) is 1. The highest BCUT2D eigenvalue weighted by Gasteiger charge is 2.03. The highest BCUT2D eigenvalue weighted by molar-refractivity contribution is 7.85. The van der Waals surface area contributed by atoms with Crippen LogP contribution < -0.4 is 11.1 Å². The normalized spacial score (nSPS) is 12.1. The van der Waals surface area contributed by atoms with Gasteiger partial charge in [-0.3, -0.25) is 9.00 Å². The summed E-state index contributed by atoms with van der Waals surface area (Å²) in [7, 11) is -1.12. The number of benzene rings is 1. The molecule has 3 N–H and O–H groups in total. The largest absolute Gasteiger partial charge is 0.399 e. The Bertz CT molecular complexity index is 366. The van der Waals surface area contributed by atoms with Crippen LogP contribution in [-0.2, 0) is 15.6 Å². The standard InChI is InChI=1S/C9H12N2O2S/c1-14(13)6-9(12)11-8-4-2-3-7(10)5-8/h2-5H,6,10H2,1H3,(H,11,12). The number of anilines is 2. The van der Waals surface area contributed by atoms with Crippen LogP contribution >= 0.6 is 0 Å². The van der Waals surface area contributed by atoms with Crippen LogP contribution in [0.1, 0.15) is 0 Å². The van der Waals surface area contributed by atoms with Crippen molar-refractivity contribution in [3.8, 4) is 0 Å². The minimum Gasteiger partial charge on any atom is -0.399 e. The maximum absolute atomic E-state index is 11.2. The summed E-state index contributed by atoms with van der Waals surface area (Å²) in [6, 6.07) is 6.85. The molecule has 76 valence electrons. The lowest BCUT2D eigenvalue weighted by Gasteiger charge is -2.04. The molecule has 0 aliphatic carbocycles. The fourth-order valence-electron chi connectivity index (χ4n) is 0.998. The first-order valence-corrected chi connectivity index (χ1v) is 5.76. The Hall–Kier alpha value is -1.36. The molecule has 0 aliphatic rings. The summed E-state index contributed by atoms with van der Waals surface area (Å²) in [6.45, 7) is 0. The molecule has 0 aromatic heterocycles. The Morgan fingerprint density at radius 3 is 2.86 bits per heavy atom. The molecular weight excluding hydrogens is 200 g/mol. The van der Waals surface area contributed by atoms with Gasteiger partial charge in [-0.2, -0.15) is 0 Å². The number of carbonyl (C=O) groups excluding carboxylic acids is 1. The second-order valence-corrected chi connectivity index (χ2v) is 4.33. The molecule has 14 heavy (non-hydrogen) atoms. The zero-order valence-electron chi connectivity index (χ0n) is 7.82. The van der Waals surface area contributed by atoms with Gasteiger partial charge in [-0.1, -0.05) is 6.07 Å². The van der Waals surface area contributed by atoms with Gasteiger partial charge in [0.1, 0.15) is 5.75 Å². The second-order valence-electron chi connectivity index (χ2n) is 2.89. The molecule has 0 aliphatic heterocycles. The van der Waals surface area contributed by atoms with Crippen LogP contribution in [0.15, 0.2) is 24.3 Å². The summed E-state index contributed by atoms with van der Waals surface area (Å²) in [4.78, 5) is 11.2. The molecular formula is C9H12N2O2S. The fourth-order valence-corrected chi connectivity index (χ4v) is 1.44. The Morgan fingerprint density at radius 1 is 1.57 bits per heavy atom. The van der Waals surface area contributed by atoms with Crippen LogP contribution in [0, 0.1) is 0 Å². The lowest BCUT2D eigenvalue weighted by atomic mass is 10.3. The van der Waals surface area contributed by atoms with Gasteiger partial charge in [0.25, 0.3) is 0 Å². The van der Waals surface area contributed by atoms with Crippen molar-refractivity contribution in [3.05, 3.63) is 24.3 Å². The van der Waals surface area contributed by atoms with E-state index in [4.69, 9.17) is 5.73 Å². The predicted octanol–water partition coefficient (Wildman–Crippen LogP) is 0.586. The summed E-state index contributed by atoms with van der Waals surface area (Å²) in [5, 5.41) is 2.60. The van der Waals surface area contributed by atoms with Crippen LogP contribution in [0.25, 0.3) is 0 Å². The number of nitrogens with two attached hydrogens (primary N) is 1. The van der Waals surface area contributed by atoms with Crippen molar-refractivity contribution in [2.45, 2.75) is 0 Å². The lowest BCUT2D eigenvalue weighted by molar-refractivity contribution is -0.113. The molecule has 1 unspecified atom stereocenters. The van der Waals surface area contributed by atoms with E-state index < -0.39 is 10.8 Å². The van der Waals surface area contributed by atoms with E-state index in [9.17, 15) is 9.00 Å². The van der Waals surface area contributed by atoms with Gasteiger partial charge in [-0.15, -0.1) is 0 Å². The summed E-state index contributed by atoms with van der Waals surface area (Å²) in [6.07, 6.45) is 1.49. The average molecular weight is 212 g/mol. The zero-order chi connectivity index (χ0) is 10.6. The van der Waals surface area contributed by atoms with E-state index in [1.54, 1.807) is 24.3 Å². The Labute approximate surface area is 85.0 Å². The van der Waals surface area contributed by atoms with Crippen molar-refractivity contribution < 1.29 is 9.00 Å². The monoisotopic (exact) mass is 212 g/mol. The van der Waals surface area contributed by atoms with Gasteiger partial charge < -0.3 is 11.1 Å². The van der Waals surface area contributed by atoms with Crippen LogP contribution in [0.5, 0.6) is 0 Å². The van der Waals surface area contributed by atoms with Gasteiger partial charge in [0.15, 0.2) is 0 Å². The lowest BCUT2D eigenvalue weighted by Crippen LogP contribution is -2.18. The molecule has 0 bridgehead atoms. The van der Waals surface area contributed by atoms with E-state index in [2.05, 4.69) is 5.32 Å². The molecule has 1 amide bonds. The van der Waals surface area contributed by atoms with E-state index >= 15 is 0 Å². The van der Waals surface area contributed by atoms with E-state index in [0.717, 1.165) is 0 Å². The summed E-state index contributed by atoms with van der Waals surface area (Å²) >= 11 is 0. The Kier molecular flexibility index (Phi) is 3.64. The molecule has 5 heteroatoms. The third kappa shape index (κ3) is 3.57. The summed E-state index contributed by atoms with van der Waals surface area (Å²) in [5.41, 5.74) is 6.73. The van der Waals surface area contributed by atoms with Gasteiger partial charge in [-0.05, 0) is 18.2 Å². The maximum atomic E-state index is 11.2. The predicted molar refractivity (Wildman–Crippen MR) is 58.4 cm³/mol. The number of rotatable bonds is 3. The highest BCUT2D eigenvalue weighted by Crippen LogP contribution is 2.11. The third-order valence-corrected chi connectivity index (χ3v) is 2.17. The Balaban J connectivity index is 2.60. The smallest absolute Gasteiger partial charge is 0.236 e. The molecule has 0 radical (unpaired) electrons. The first-order valence-electron chi connectivity index (χ1n) is 4.03. The number of carbonyl (C=O) groups is 1. The SMILES string of the molecule is CS(=O)CC(=O)Nc1cccc(N)c1. The van der Waals surface area contributed by atoms with E-state index in [1.165, 1.54) is 6.26 Å². The zero-order valence-corrected chi connectivity index (χ0v) is 8.64. The van der Waals surface area contributed by atoms with Crippen molar-refractivity contribution >= 4 is 28.1 Å². The van der Waals surface area contributed by atoms with Crippen molar-refractivity contribution in [2.75, 3.05) is 23.1 Å². The van der Waals surface area contributed by atoms with E-state index in [1.807, 2.05) is 0 Å². The van der Waals surface area contributed by atoms with Crippen molar-refractivity contribution in [2.24, 2.45) is 0 Å². The minimum atomic E-state index is -1.12. The number of hydrogen-bond donors (Lipinski definition) is 2. The molecule has 4 nitrogen and oxygen atoms in total. The van der Waals surface area contributed by atoms with Crippen LogP contribution in [0.3, 0.4) is 0 Å². The summed E-state index contributed by atoms with van der Waals surface area (Å²) in [5.74, 6) is -0.258. The molecule has 0 spiro atoms. The molecule has 1 aromatic carbocycles. The molecule has 0 saturated heterocycles. The van der Waals surface area contributed by atoms with Crippen LogP contribution in [0.2, 0.25) is 0 Å². The molecule has 0 heterocycles. The highest BCUT2D eigenvalue weighted by atomic mass is 32.2. The topological polar surface area (TPSA) is 72.2 Å². The maximum Gasteiger partial charge on any atom is 0.236 e. The third-order valence-electron chi connectivity index (χ3n) is 1.50. The summed E-state index contributed by atoms with van der Waals surface area (Å²) < 4.78 is 10.7. The molecule has 1 aromatic rings. The molecule has 0 saturated carbocycles. The van der Waals surface area contributed by atoms with Gasteiger partial charge in [0, 0.05) is 28.4 Å². The number of hydrogen-bond acceptors (Lipinski definition) is 3. The Morgan fingerprint density at radius 2 is 2.29 bits per heavy atom. The van der Waals surface area contributed by atoms with Crippen LogP contribution in [0.4, 0.5) is 11.4 Å². The second kappa shape index (κ2) is 4.76. The molecule has 1 atom stereocenters. The minimum absolute atomic E-state index is 0.00873. The van der Waals surface area contributed by atoms with Gasteiger partial charge >= 0.3 is 0 Å². The first-order chi connectivity index (χ1) is 6.58. The van der Waals surface area contributed by atoms with Crippen molar-refractivity contribution in [1.82, 2.24) is 0 Å². The van der Waals surface area contributed by atoms with Crippen molar-refractivity contribution in [1.29, 1.82) is 0 Å². The van der Waals surface area contributed by atoms with Gasteiger partial charge in [0.05, 0.1) is 0 Å². The van der Waals surface area contributed by atoms with E-state index in [-0.39, 0.29) is 11.7 Å².